The van der Waals surface area contributed by atoms with Crippen LogP contribution in [0.3, 0.4) is 0 Å². The van der Waals surface area contributed by atoms with Gasteiger partial charge in [0.25, 0.3) is 5.91 Å². The van der Waals surface area contributed by atoms with Gasteiger partial charge in [-0.2, -0.15) is 0 Å². The molecule has 0 fully saturated rings. The van der Waals surface area contributed by atoms with Crippen LogP contribution in [0.4, 0.5) is 0 Å². The molecule has 4 N–H and O–H groups in total. The van der Waals surface area contributed by atoms with Gasteiger partial charge in [0.2, 0.25) is 0 Å². The van der Waals surface area contributed by atoms with Crippen LogP contribution < -0.4 is 5.73 Å². The number of hydrogen-bond donors (Lipinski definition) is 3. The highest BCUT2D eigenvalue weighted by molar-refractivity contribution is 5.91. The molecule has 0 radical (unpaired) electrons. The third kappa shape index (κ3) is 2.26. The molecule has 2 rings (SSSR count). The summed E-state index contributed by atoms with van der Waals surface area (Å²) in [6.45, 7) is 0. The minimum atomic E-state index is -2.06. The lowest BCUT2D eigenvalue weighted by Crippen LogP contribution is -2.42. The van der Waals surface area contributed by atoms with E-state index in [9.17, 15) is 14.7 Å². The smallest absolute Gasteiger partial charge is 0.335 e. The van der Waals surface area contributed by atoms with Gasteiger partial charge in [0.15, 0.2) is 5.60 Å². The topological polar surface area (TPSA) is 101 Å². The molecule has 1 unspecified atom stereocenters. The average Bonchev–Trinajstić information content (AvgIpc) is 2.47. The number of rotatable bonds is 4. The first-order chi connectivity index (χ1) is 9.46. The summed E-state index contributed by atoms with van der Waals surface area (Å²) in [6, 6.07) is 13.7. The number of aromatic carboxylic acids is 1. The van der Waals surface area contributed by atoms with Gasteiger partial charge >= 0.3 is 5.97 Å². The molecule has 0 saturated heterocycles. The Morgan fingerprint density at radius 1 is 0.950 bits per heavy atom. The molecule has 5 heteroatoms. The molecule has 0 bridgehead atoms. The van der Waals surface area contributed by atoms with Crippen molar-refractivity contribution in [1.82, 2.24) is 0 Å². The average molecular weight is 271 g/mol. The SMILES string of the molecule is NC(=O)C(O)(c1ccccc1)c1cccc(C(=O)O)c1. The number of primary amides is 1. The molecule has 0 aliphatic carbocycles. The van der Waals surface area contributed by atoms with E-state index in [-0.39, 0.29) is 16.7 Å². The van der Waals surface area contributed by atoms with Crippen molar-refractivity contribution in [1.29, 1.82) is 0 Å². The van der Waals surface area contributed by atoms with Gasteiger partial charge in [-0.3, -0.25) is 4.79 Å². The van der Waals surface area contributed by atoms with Crippen molar-refractivity contribution in [3.05, 3.63) is 71.3 Å². The van der Waals surface area contributed by atoms with E-state index in [1.807, 2.05) is 0 Å². The first kappa shape index (κ1) is 13.8. The molecule has 0 saturated carbocycles. The van der Waals surface area contributed by atoms with E-state index in [2.05, 4.69) is 0 Å². The second-order valence-electron chi connectivity index (χ2n) is 4.33. The number of hydrogen-bond acceptors (Lipinski definition) is 3. The molecular formula is C15H13NO4. The van der Waals surface area contributed by atoms with Crippen molar-refractivity contribution < 1.29 is 19.8 Å². The van der Waals surface area contributed by atoms with Crippen molar-refractivity contribution in [3.63, 3.8) is 0 Å². The van der Waals surface area contributed by atoms with Crippen molar-refractivity contribution in [3.8, 4) is 0 Å². The zero-order chi connectivity index (χ0) is 14.8. The summed E-state index contributed by atoms with van der Waals surface area (Å²) in [7, 11) is 0. The number of carboxylic acid groups (broad SMARTS) is 1. The fourth-order valence-electron chi connectivity index (χ4n) is 2.01. The largest absolute Gasteiger partial charge is 0.478 e. The number of aliphatic hydroxyl groups is 1. The Morgan fingerprint density at radius 3 is 2.10 bits per heavy atom. The van der Waals surface area contributed by atoms with E-state index in [1.54, 1.807) is 30.3 Å². The van der Waals surface area contributed by atoms with Gasteiger partial charge in [0, 0.05) is 0 Å². The molecule has 2 aromatic carbocycles. The third-order valence-electron chi connectivity index (χ3n) is 3.08. The third-order valence-corrected chi connectivity index (χ3v) is 3.08. The monoisotopic (exact) mass is 271 g/mol. The molecule has 0 heterocycles. The van der Waals surface area contributed by atoms with Crippen LogP contribution in [0.2, 0.25) is 0 Å². The minimum absolute atomic E-state index is 0.0295. The summed E-state index contributed by atoms with van der Waals surface area (Å²) in [5, 5.41) is 19.7. The van der Waals surface area contributed by atoms with Crippen LogP contribution in [-0.2, 0) is 10.4 Å². The Hall–Kier alpha value is -2.66. The molecule has 0 aliphatic rings. The number of amides is 1. The predicted octanol–water partition coefficient (Wildman–Crippen LogP) is 1.11. The molecule has 102 valence electrons. The number of carbonyl (C=O) groups excluding carboxylic acids is 1. The lowest BCUT2D eigenvalue weighted by Gasteiger charge is -2.25. The summed E-state index contributed by atoms with van der Waals surface area (Å²) in [5.41, 5.74) is 3.64. The molecule has 0 aliphatic heterocycles. The lowest BCUT2D eigenvalue weighted by molar-refractivity contribution is -0.133. The second kappa shape index (κ2) is 5.14. The summed E-state index contributed by atoms with van der Waals surface area (Å²) >= 11 is 0. The van der Waals surface area contributed by atoms with Gasteiger partial charge in [0.1, 0.15) is 0 Å². The summed E-state index contributed by atoms with van der Waals surface area (Å²) in [5.74, 6) is -2.11. The number of nitrogens with two attached hydrogens (primary N) is 1. The molecule has 0 spiro atoms. The molecule has 0 aromatic heterocycles. The van der Waals surface area contributed by atoms with Gasteiger partial charge in [-0.25, -0.2) is 4.79 Å². The van der Waals surface area contributed by atoms with Gasteiger partial charge in [-0.1, -0.05) is 42.5 Å². The Bertz CT molecular complexity index is 654. The van der Waals surface area contributed by atoms with Crippen LogP contribution in [0.25, 0.3) is 0 Å². The van der Waals surface area contributed by atoms with Crippen molar-refractivity contribution in [2.75, 3.05) is 0 Å². The second-order valence-corrected chi connectivity index (χ2v) is 4.33. The highest BCUT2D eigenvalue weighted by atomic mass is 16.4. The number of carboxylic acids is 1. The van der Waals surface area contributed by atoms with Crippen LogP contribution >= 0.6 is 0 Å². The quantitative estimate of drug-likeness (QED) is 0.775. The molecular weight excluding hydrogens is 258 g/mol. The predicted molar refractivity (Wildman–Crippen MR) is 72.0 cm³/mol. The van der Waals surface area contributed by atoms with E-state index in [4.69, 9.17) is 10.8 Å². The Labute approximate surface area is 115 Å². The zero-order valence-electron chi connectivity index (χ0n) is 10.5. The highest BCUT2D eigenvalue weighted by Crippen LogP contribution is 2.29. The van der Waals surface area contributed by atoms with Gasteiger partial charge in [0.05, 0.1) is 5.56 Å². The summed E-state index contributed by atoms with van der Waals surface area (Å²) in [4.78, 5) is 22.7. The van der Waals surface area contributed by atoms with Crippen LogP contribution in [0, 0.1) is 0 Å². The van der Waals surface area contributed by atoms with Crippen LogP contribution in [-0.4, -0.2) is 22.1 Å². The van der Waals surface area contributed by atoms with Crippen LogP contribution in [0.15, 0.2) is 54.6 Å². The first-order valence-corrected chi connectivity index (χ1v) is 5.88. The van der Waals surface area contributed by atoms with Crippen molar-refractivity contribution >= 4 is 11.9 Å². The Morgan fingerprint density at radius 2 is 1.55 bits per heavy atom. The van der Waals surface area contributed by atoms with E-state index < -0.39 is 17.5 Å². The maximum absolute atomic E-state index is 11.7. The molecule has 2 aromatic rings. The number of benzene rings is 2. The minimum Gasteiger partial charge on any atom is -0.478 e. The van der Waals surface area contributed by atoms with Crippen LogP contribution in [0.1, 0.15) is 21.5 Å². The van der Waals surface area contributed by atoms with E-state index >= 15 is 0 Å². The standard InChI is InChI=1S/C15H13NO4/c16-14(19)15(20,11-6-2-1-3-7-11)12-8-4-5-10(9-12)13(17)18/h1-9,20H,(H2,16,19)(H,17,18). The van der Waals surface area contributed by atoms with Crippen molar-refractivity contribution in [2.45, 2.75) is 5.60 Å². The van der Waals surface area contributed by atoms with Gasteiger partial charge in [-0.05, 0) is 23.3 Å². The van der Waals surface area contributed by atoms with E-state index in [1.165, 1.54) is 24.3 Å². The fraction of sp³-hybridized carbons (Fsp3) is 0.0667. The zero-order valence-corrected chi connectivity index (χ0v) is 10.5. The normalized spacial score (nSPS) is 13.4. The molecule has 5 nitrogen and oxygen atoms in total. The Balaban J connectivity index is 2.63. The number of carbonyl (C=O) groups is 2. The van der Waals surface area contributed by atoms with Gasteiger partial charge < -0.3 is 15.9 Å². The van der Waals surface area contributed by atoms with E-state index in [0.29, 0.717) is 0 Å². The summed E-state index contributed by atoms with van der Waals surface area (Å²) < 4.78 is 0. The van der Waals surface area contributed by atoms with E-state index in [0.717, 1.165) is 0 Å². The van der Waals surface area contributed by atoms with Gasteiger partial charge in [-0.15, -0.1) is 0 Å². The van der Waals surface area contributed by atoms with Crippen molar-refractivity contribution in [2.24, 2.45) is 5.73 Å². The molecule has 20 heavy (non-hydrogen) atoms. The Kier molecular flexibility index (Phi) is 3.54. The first-order valence-electron chi connectivity index (χ1n) is 5.88. The maximum Gasteiger partial charge on any atom is 0.335 e. The summed E-state index contributed by atoms with van der Waals surface area (Å²) in [6.07, 6.45) is 0. The molecule has 1 amide bonds. The van der Waals surface area contributed by atoms with Crippen LogP contribution in [0.5, 0.6) is 0 Å². The fourth-order valence-corrected chi connectivity index (χ4v) is 2.01. The maximum atomic E-state index is 11.7. The highest BCUT2D eigenvalue weighted by Gasteiger charge is 2.38. The molecule has 1 atom stereocenters. The lowest BCUT2D eigenvalue weighted by atomic mass is 9.85.